The van der Waals surface area contributed by atoms with Gasteiger partial charge in [-0.15, -0.1) is 0 Å². The van der Waals surface area contributed by atoms with Crippen LogP contribution in [0.1, 0.15) is 12.8 Å². The van der Waals surface area contributed by atoms with Gasteiger partial charge in [0.2, 0.25) is 0 Å². The third-order valence-electron chi connectivity index (χ3n) is 2.60. The van der Waals surface area contributed by atoms with Crippen molar-refractivity contribution in [2.45, 2.75) is 12.8 Å². The van der Waals surface area contributed by atoms with E-state index < -0.39 is 0 Å². The second-order valence-corrected chi connectivity index (χ2v) is 3.96. The van der Waals surface area contributed by atoms with Gasteiger partial charge in [-0.1, -0.05) is 0 Å². The van der Waals surface area contributed by atoms with E-state index in [4.69, 9.17) is 10.5 Å². The van der Waals surface area contributed by atoms with Crippen molar-refractivity contribution in [3.63, 3.8) is 0 Å². The Morgan fingerprint density at radius 1 is 1.06 bits per heavy atom. The van der Waals surface area contributed by atoms with E-state index in [0.29, 0.717) is 6.61 Å². The molecule has 0 amide bonds. The summed E-state index contributed by atoms with van der Waals surface area (Å²) in [6, 6.07) is 9.80. The predicted molar refractivity (Wildman–Crippen MR) is 71.3 cm³/mol. The summed E-state index contributed by atoms with van der Waals surface area (Å²) in [5, 5.41) is 0. The van der Waals surface area contributed by atoms with Crippen molar-refractivity contribution in [2.75, 3.05) is 13.2 Å². The molecule has 4 heteroatoms. The minimum atomic E-state index is 0.712. The number of rotatable bonds is 6. The van der Waals surface area contributed by atoms with Crippen molar-refractivity contribution in [1.82, 2.24) is 9.97 Å². The number of benzene rings is 1. The van der Waals surface area contributed by atoms with Crippen LogP contribution < -0.4 is 10.5 Å². The highest BCUT2D eigenvalue weighted by molar-refractivity contribution is 5.59. The molecular formula is C14H17N3O. The molecule has 0 atom stereocenters. The molecule has 0 saturated carbocycles. The van der Waals surface area contributed by atoms with Crippen LogP contribution in [0.3, 0.4) is 0 Å². The fourth-order valence-electron chi connectivity index (χ4n) is 1.62. The van der Waals surface area contributed by atoms with Crippen molar-refractivity contribution in [1.29, 1.82) is 0 Å². The SMILES string of the molecule is NCCCCOc1ccc(-c2ccncn2)cc1. The summed E-state index contributed by atoms with van der Waals surface area (Å²) < 4.78 is 5.61. The highest BCUT2D eigenvalue weighted by Crippen LogP contribution is 2.20. The standard InChI is InChI=1S/C14H17N3O/c15-8-1-2-10-18-13-5-3-12(4-6-13)14-7-9-16-11-17-14/h3-7,9,11H,1-2,8,10,15H2. The monoisotopic (exact) mass is 243 g/mol. The Balaban J connectivity index is 1.94. The maximum Gasteiger partial charge on any atom is 0.119 e. The molecule has 0 bridgehead atoms. The molecule has 0 aliphatic heterocycles. The lowest BCUT2D eigenvalue weighted by Crippen LogP contribution is -2.03. The van der Waals surface area contributed by atoms with Crippen LogP contribution in [0.15, 0.2) is 42.9 Å². The molecule has 1 aromatic carbocycles. The zero-order valence-electron chi connectivity index (χ0n) is 10.2. The molecule has 1 heterocycles. The van der Waals surface area contributed by atoms with E-state index in [1.54, 1.807) is 12.5 Å². The molecule has 0 aliphatic carbocycles. The fraction of sp³-hybridized carbons (Fsp3) is 0.286. The molecule has 2 N–H and O–H groups in total. The maximum absolute atomic E-state index is 5.61. The lowest BCUT2D eigenvalue weighted by molar-refractivity contribution is 0.308. The van der Waals surface area contributed by atoms with Crippen LogP contribution in [0.25, 0.3) is 11.3 Å². The van der Waals surface area contributed by atoms with E-state index in [-0.39, 0.29) is 0 Å². The summed E-state index contributed by atoms with van der Waals surface area (Å²) in [7, 11) is 0. The van der Waals surface area contributed by atoms with E-state index in [2.05, 4.69) is 9.97 Å². The number of aromatic nitrogens is 2. The van der Waals surface area contributed by atoms with Crippen molar-refractivity contribution in [3.05, 3.63) is 42.9 Å². The first-order valence-electron chi connectivity index (χ1n) is 6.09. The van der Waals surface area contributed by atoms with E-state index in [1.165, 1.54) is 0 Å². The fourth-order valence-corrected chi connectivity index (χ4v) is 1.62. The molecule has 0 unspecified atom stereocenters. The summed E-state index contributed by atoms with van der Waals surface area (Å²) in [5.74, 6) is 0.879. The van der Waals surface area contributed by atoms with Crippen molar-refractivity contribution in [2.24, 2.45) is 5.73 Å². The van der Waals surface area contributed by atoms with E-state index in [0.717, 1.165) is 36.4 Å². The highest BCUT2D eigenvalue weighted by Gasteiger charge is 1.99. The van der Waals surface area contributed by atoms with Gasteiger partial charge in [-0.2, -0.15) is 0 Å². The van der Waals surface area contributed by atoms with Crippen LogP contribution >= 0.6 is 0 Å². The highest BCUT2D eigenvalue weighted by atomic mass is 16.5. The van der Waals surface area contributed by atoms with Gasteiger partial charge in [-0.05, 0) is 49.7 Å². The van der Waals surface area contributed by atoms with Gasteiger partial charge in [0.25, 0.3) is 0 Å². The third kappa shape index (κ3) is 3.53. The molecule has 1 aromatic heterocycles. The van der Waals surface area contributed by atoms with Crippen LogP contribution in [0.2, 0.25) is 0 Å². The van der Waals surface area contributed by atoms with Gasteiger partial charge in [0, 0.05) is 11.8 Å². The van der Waals surface area contributed by atoms with Crippen LogP contribution in [0.5, 0.6) is 5.75 Å². The van der Waals surface area contributed by atoms with E-state index >= 15 is 0 Å². The van der Waals surface area contributed by atoms with E-state index in [1.807, 2.05) is 30.3 Å². The Hall–Kier alpha value is -1.94. The van der Waals surface area contributed by atoms with Crippen LogP contribution in [0, 0.1) is 0 Å². The zero-order chi connectivity index (χ0) is 12.6. The van der Waals surface area contributed by atoms with Crippen molar-refractivity contribution >= 4 is 0 Å². The average molecular weight is 243 g/mol. The number of ether oxygens (including phenoxy) is 1. The molecule has 0 spiro atoms. The molecule has 18 heavy (non-hydrogen) atoms. The molecule has 0 aliphatic rings. The van der Waals surface area contributed by atoms with Crippen LogP contribution in [-0.2, 0) is 0 Å². The Labute approximate surface area is 107 Å². The number of hydrogen-bond donors (Lipinski definition) is 1. The Kier molecular flexibility index (Phi) is 4.67. The summed E-state index contributed by atoms with van der Waals surface area (Å²) in [4.78, 5) is 8.10. The van der Waals surface area contributed by atoms with Gasteiger partial charge in [-0.25, -0.2) is 9.97 Å². The molecule has 2 rings (SSSR count). The van der Waals surface area contributed by atoms with Gasteiger partial charge in [-0.3, -0.25) is 0 Å². The summed E-state index contributed by atoms with van der Waals surface area (Å²) in [5.41, 5.74) is 7.40. The smallest absolute Gasteiger partial charge is 0.119 e. The summed E-state index contributed by atoms with van der Waals surface area (Å²) in [6.07, 6.45) is 5.27. The third-order valence-corrected chi connectivity index (χ3v) is 2.60. The second kappa shape index (κ2) is 6.71. The Morgan fingerprint density at radius 3 is 2.56 bits per heavy atom. The molecule has 0 fully saturated rings. The second-order valence-electron chi connectivity index (χ2n) is 3.96. The van der Waals surface area contributed by atoms with Gasteiger partial charge in [0.05, 0.1) is 12.3 Å². The number of nitrogens with zero attached hydrogens (tertiary/aromatic N) is 2. The lowest BCUT2D eigenvalue weighted by atomic mass is 10.1. The summed E-state index contributed by atoms with van der Waals surface area (Å²) >= 11 is 0. The van der Waals surface area contributed by atoms with Crippen molar-refractivity contribution in [3.8, 4) is 17.0 Å². The zero-order valence-corrected chi connectivity index (χ0v) is 10.2. The molecule has 4 nitrogen and oxygen atoms in total. The maximum atomic E-state index is 5.61. The molecule has 0 saturated heterocycles. The molecular weight excluding hydrogens is 226 g/mol. The molecule has 0 radical (unpaired) electrons. The normalized spacial score (nSPS) is 10.3. The van der Waals surface area contributed by atoms with Gasteiger partial charge < -0.3 is 10.5 Å². The lowest BCUT2D eigenvalue weighted by Gasteiger charge is -2.06. The minimum Gasteiger partial charge on any atom is -0.494 e. The number of unbranched alkanes of at least 4 members (excludes halogenated alkanes) is 1. The Morgan fingerprint density at radius 2 is 1.89 bits per heavy atom. The first-order chi connectivity index (χ1) is 8.90. The van der Waals surface area contributed by atoms with Crippen LogP contribution in [-0.4, -0.2) is 23.1 Å². The Bertz CT molecular complexity index is 456. The van der Waals surface area contributed by atoms with Gasteiger partial charge >= 0.3 is 0 Å². The molecule has 2 aromatic rings. The van der Waals surface area contributed by atoms with Gasteiger partial charge in [0.1, 0.15) is 12.1 Å². The minimum absolute atomic E-state index is 0.712. The number of nitrogens with two attached hydrogens (primary N) is 1. The largest absolute Gasteiger partial charge is 0.494 e. The average Bonchev–Trinajstić information content (AvgIpc) is 2.45. The quantitative estimate of drug-likeness (QED) is 0.790. The van der Waals surface area contributed by atoms with E-state index in [9.17, 15) is 0 Å². The topological polar surface area (TPSA) is 61.0 Å². The number of hydrogen-bond acceptors (Lipinski definition) is 4. The molecule has 94 valence electrons. The van der Waals surface area contributed by atoms with Crippen molar-refractivity contribution < 1.29 is 4.74 Å². The predicted octanol–water partition coefficient (Wildman–Crippen LogP) is 2.26. The summed E-state index contributed by atoms with van der Waals surface area (Å²) in [6.45, 7) is 1.43. The van der Waals surface area contributed by atoms with Gasteiger partial charge in [0.15, 0.2) is 0 Å². The van der Waals surface area contributed by atoms with Crippen LogP contribution in [0.4, 0.5) is 0 Å². The first-order valence-corrected chi connectivity index (χ1v) is 6.09. The first kappa shape index (κ1) is 12.5.